The first kappa shape index (κ1) is 14.2. The smallest absolute Gasteiger partial charge is 0.301 e. The van der Waals surface area contributed by atoms with Gasteiger partial charge in [0.25, 0.3) is 0 Å². The second kappa shape index (κ2) is 6.19. The standard InChI is InChI=1S/C12H18N4O2/c1-8-6-10(18-11(8)12(17)15-14)7-16(3)9(2)4-5-13/h6,9H,4,7,14H2,1-3H3,(H,15,17). The minimum atomic E-state index is -0.438. The Bertz CT molecular complexity index is 461. The van der Waals surface area contributed by atoms with Crippen molar-refractivity contribution in [2.75, 3.05) is 7.05 Å². The highest BCUT2D eigenvalue weighted by Gasteiger charge is 2.17. The average Bonchev–Trinajstić information content (AvgIpc) is 2.69. The fraction of sp³-hybridized carbons (Fsp3) is 0.500. The lowest BCUT2D eigenvalue weighted by Crippen LogP contribution is -2.30. The number of hydrogen-bond acceptors (Lipinski definition) is 5. The van der Waals surface area contributed by atoms with Gasteiger partial charge in [0.1, 0.15) is 5.76 Å². The molecule has 1 atom stereocenters. The summed E-state index contributed by atoms with van der Waals surface area (Å²) in [5.74, 6) is 5.54. The molecule has 98 valence electrons. The number of nitrogens with zero attached hydrogens (tertiary/aromatic N) is 2. The van der Waals surface area contributed by atoms with Crippen LogP contribution in [0.2, 0.25) is 0 Å². The van der Waals surface area contributed by atoms with Gasteiger partial charge in [0.15, 0.2) is 5.76 Å². The molecule has 0 aliphatic heterocycles. The SMILES string of the molecule is Cc1cc(CN(C)C(C)CC#N)oc1C(=O)NN. The topological polar surface area (TPSA) is 95.3 Å². The van der Waals surface area contributed by atoms with Gasteiger partial charge in [0.2, 0.25) is 0 Å². The maximum atomic E-state index is 11.4. The zero-order chi connectivity index (χ0) is 13.7. The van der Waals surface area contributed by atoms with E-state index in [1.165, 1.54) is 0 Å². The molecule has 0 radical (unpaired) electrons. The molecule has 18 heavy (non-hydrogen) atoms. The monoisotopic (exact) mass is 250 g/mol. The number of hydrazine groups is 1. The fourth-order valence-corrected chi connectivity index (χ4v) is 1.61. The van der Waals surface area contributed by atoms with Gasteiger partial charge < -0.3 is 4.42 Å². The Labute approximate surface area is 106 Å². The van der Waals surface area contributed by atoms with Crippen LogP contribution in [0.3, 0.4) is 0 Å². The number of nitrogen functional groups attached to an aromatic ring is 1. The Balaban J connectivity index is 2.75. The molecule has 0 aliphatic carbocycles. The Morgan fingerprint density at radius 3 is 2.94 bits per heavy atom. The molecular formula is C12H18N4O2. The maximum Gasteiger partial charge on any atom is 0.301 e. The van der Waals surface area contributed by atoms with Crippen molar-refractivity contribution < 1.29 is 9.21 Å². The van der Waals surface area contributed by atoms with Crippen LogP contribution in [0.15, 0.2) is 10.5 Å². The number of aryl methyl sites for hydroxylation is 1. The average molecular weight is 250 g/mol. The van der Waals surface area contributed by atoms with Crippen molar-refractivity contribution >= 4 is 5.91 Å². The minimum absolute atomic E-state index is 0.132. The third-order valence-corrected chi connectivity index (χ3v) is 2.85. The molecule has 0 bridgehead atoms. The number of carbonyl (C=O) groups excluding carboxylic acids is 1. The number of amides is 1. The summed E-state index contributed by atoms with van der Waals surface area (Å²) in [7, 11) is 1.91. The van der Waals surface area contributed by atoms with E-state index in [4.69, 9.17) is 15.5 Å². The van der Waals surface area contributed by atoms with E-state index in [0.717, 1.165) is 5.56 Å². The van der Waals surface area contributed by atoms with Crippen LogP contribution < -0.4 is 11.3 Å². The molecule has 0 fully saturated rings. The van der Waals surface area contributed by atoms with Gasteiger partial charge in [-0.2, -0.15) is 5.26 Å². The molecule has 6 heteroatoms. The Morgan fingerprint density at radius 2 is 2.39 bits per heavy atom. The lowest BCUT2D eigenvalue weighted by molar-refractivity contribution is 0.0921. The first-order valence-electron chi connectivity index (χ1n) is 5.67. The van der Waals surface area contributed by atoms with Crippen molar-refractivity contribution in [2.45, 2.75) is 32.9 Å². The molecule has 1 unspecified atom stereocenters. The van der Waals surface area contributed by atoms with E-state index in [0.29, 0.717) is 18.7 Å². The molecule has 1 heterocycles. The van der Waals surface area contributed by atoms with Crippen molar-refractivity contribution in [3.8, 4) is 6.07 Å². The highest BCUT2D eigenvalue weighted by atomic mass is 16.4. The summed E-state index contributed by atoms with van der Waals surface area (Å²) in [6.07, 6.45) is 0.451. The van der Waals surface area contributed by atoms with Gasteiger partial charge in [0.05, 0.1) is 19.0 Å². The van der Waals surface area contributed by atoms with E-state index < -0.39 is 5.91 Å². The summed E-state index contributed by atoms with van der Waals surface area (Å²) >= 11 is 0. The van der Waals surface area contributed by atoms with Crippen LogP contribution in [0.4, 0.5) is 0 Å². The van der Waals surface area contributed by atoms with Gasteiger partial charge in [-0.1, -0.05) is 0 Å². The third-order valence-electron chi connectivity index (χ3n) is 2.85. The fourth-order valence-electron chi connectivity index (χ4n) is 1.61. The molecular weight excluding hydrogens is 232 g/mol. The van der Waals surface area contributed by atoms with Crippen molar-refractivity contribution in [1.82, 2.24) is 10.3 Å². The van der Waals surface area contributed by atoms with Gasteiger partial charge in [0, 0.05) is 11.6 Å². The second-order valence-electron chi connectivity index (χ2n) is 4.32. The molecule has 3 N–H and O–H groups in total. The first-order chi connectivity index (χ1) is 8.49. The number of nitriles is 1. The summed E-state index contributed by atoms with van der Waals surface area (Å²) in [4.78, 5) is 13.4. The number of nitrogens with one attached hydrogen (secondary N) is 1. The van der Waals surface area contributed by atoms with Crippen LogP contribution >= 0.6 is 0 Å². The van der Waals surface area contributed by atoms with Gasteiger partial charge in [-0.25, -0.2) is 5.84 Å². The van der Waals surface area contributed by atoms with Crippen LogP contribution in [0.1, 0.15) is 35.2 Å². The zero-order valence-electron chi connectivity index (χ0n) is 10.9. The number of rotatable bonds is 5. The van der Waals surface area contributed by atoms with Crippen LogP contribution in [-0.4, -0.2) is 23.9 Å². The second-order valence-corrected chi connectivity index (χ2v) is 4.32. The van der Waals surface area contributed by atoms with E-state index in [-0.39, 0.29) is 11.8 Å². The molecule has 1 aromatic rings. The normalized spacial score (nSPS) is 12.2. The molecule has 0 aliphatic rings. The molecule has 0 aromatic carbocycles. The molecule has 1 aromatic heterocycles. The van der Waals surface area contributed by atoms with Crippen molar-refractivity contribution in [3.05, 3.63) is 23.2 Å². The van der Waals surface area contributed by atoms with Gasteiger partial charge in [-0.15, -0.1) is 0 Å². The first-order valence-corrected chi connectivity index (χ1v) is 5.67. The van der Waals surface area contributed by atoms with Crippen molar-refractivity contribution in [1.29, 1.82) is 5.26 Å². The molecule has 1 amide bonds. The highest BCUT2D eigenvalue weighted by molar-refractivity contribution is 5.92. The van der Waals surface area contributed by atoms with Crippen molar-refractivity contribution in [3.63, 3.8) is 0 Å². The number of furan rings is 1. The van der Waals surface area contributed by atoms with Gasteiger partial charge in [-0.3, -0.25) is 15.1 Å². The number of hydrogen-bond donors (Lipinski definition) is 2. The maximum absolute atomic E-state index is 11.4. The molecule has 0 saturated carbocycles. The van der Waals surface area contributed by atoms with E-state index in [1.54, 1.807) is 13.0 Å². The molecule has 0 saturated heterocycles. The van der Waals surface area contributed by atoms with E-state index >= 15 is 0 Å². The van der Waals surface area contributed by atoms with E-state index in [2.05, 4.69) is 6.07 Å². The number of nitrogens with two attached hydrogens (primary N) is 1. The quantitative estimate of drug-likeness (QED) is 0.460. The van der Waals surface area contributed by atoms with E-state index in [1.807, 2.05) is 24.3 Å². The summed E-state index contributed by atoms with van der Waals surface area (Å²) in [5, 5.41) is 8.64. The Morgan fingerprint density at radius 1 is 1.72 bits per heavy atom. The van der Waals surface area contributed by atoms with Crippen LogP contribution in [0.5, 0.6) is 0 Å². The largest absolute Gasteiger partial charge is 0.454 e. The molecule has 6 nitrogen and oxygen atoms in total. The lowest BCUT2D eigenvalue weighted by Gasteiger charge is -2.20. The zero-order valence-corrected chi connectivity index (χ0v) is 10.9. The predicted octanol–water partition coefficient (Wildman–Crippen LogP) is 0.926. The highest BCUT2D eigenvalue weighted by Crippen LogP contribution is 2.17. The third kappa shape index (κ3) is 3.32. The Hall–Kier alpha value is -1.84. The summed E-state index contributed by atoms with van der Waals surface area (Å²) < 4.78 is 5.45. The number of carbonyl (C=O) groups is 1. The van der Waals surface area contributed by atoms with Crippen LogP contribution in [-0.2, 0) is 6.54 Å². The summed E-state index contributed by atoms with van der Waals surface area (Å²) in [6.45, 7) is 4.30. The summed E-state index contributed by atoms with van der Waals surface area (Å²) in [5.41, 5.74) is 2.79. The molecule has 1 rings (SSSR count). The van der Waals surface area contributed by atoms with E-state index in [9.17, 15) is 4.79 Å². The van der Waals surface area contributed by atoms with Crippen LogP contribution in [0.25, 0.3) is 0 Å². The lowest BCUT2D eigenvalue weighted by atomic mass is 10.2. The minimum Gasteiger partial charge on any atom is -0.454 e. The predicted molar refractivity (Wildman–Crippen MR) is 66.3 cm³/mol. The van der Waals surface area contributed by atoms with Crippen molar-refractivity contribution in [2.24, 2.45) is 5.84 Å². The van der Waals surface area contributed by atoms with Gasteiger partial charge in [-0.05, 0) is 27.0 Å². The molecule has 0 spiro atoms. The van der Waals surface area contributed by atoms with Crippen LogP contribution in [0, 0.1) is 18.3 Å². The Kier molecular flexibility index (Phi) is 4.89. The summed E-state index contributed by atoms with van der Waals surface area (Å²) in [6, 6.07) is 4.06. The van der Waals surface area contributed by atoms with Gasteiger partial charge >= 0.3 is 5.91 Å².